The Morgan fingerprint density at radius 2 is 2.00 bits per heavy atom. The molecule has 2 N–H and O–H groups in total. The van der Waals surface area contributed by atoms with Gasteiger partial charge in [-0.2, -0.15) is 0 Å². The highest BCUT2D eigenvalue weighted by molar-refractivity contribution is 14.1. The van der Waals surface area contributed by atoms with E-state index in [2.05, 4.69) is 45.9 Å². The molecule has 35 heavy (non-hydrogen) atoms. The molecular weight excluding hydrogens is 555 g/mol. The van der Waals surface area contributed by atoms with E-state index in [0.717, 1.165) is 20.4 Å². The van der Waals surface area contributed by atoms with E-state index < -0.39 is 17.7 Å². The zero-order valence-electron chi connectivity index (χ0n) is 21.2. The molecular formula is C28H37IN2O4. The molecule has 0 aliphatic heterocycles. The van der Waals surface area contributed by atoms with Crippen LogP contribution in [0.3, 0.4) is 0 Å². The highest BCUT2D eigenvalue weighted by Crippen LogP contribution is 2.27. The predicted molar refractivity (Wildman–Crippen MR) is 150 cm³/mol. The van der Waals surface area contributed by atoms with Crippen LogP contribution in [0.1, 0.15) is 52.5 Å². The Morgan fingerprint density at radius 1 is 1.26 bits per heavy atom. The number of halogens is 1. The number of hydrogen-bond donors (Lipinski definition) is 2. The van der Waals surface area contributed by atoms with Crippen LogP contribution in [-0.2, 0) is 20.7 Å². The van der Waals surface area contributed by atoms with E-state index in [1.807, 2.05) is 58.0 Å². The van der Waals surface area contributed by atoms with E-state index in [-0.39, 0.29) is 6.61 Å². The highest BCUT2D eigenvalue weighted by atomic mass is 127. The molecule has 0 saturated heterocycles. The first-order chi connectivity index (χ1) is 16.6. The lowest BCUT2D eigenvalue weighted by Gasteiger charge is -2.20. The third kappa shape index (κ3) is 11.6. The average Bonchev–Trinajstić information content (AvgIpc) is 2.72. The van der Waals surface area contributed by atoms with E-state index in [0.29, 0.717) is 24.6 Å². The highest BCUT2D eigenvalue weighted by Gasteiger charge is 2.15. The van der Waals surface area contributed by atoms with Crippen LogP contribution in [0.25, 0.3) is 0 Å². The number of anilines is 1. The van der Waals surface area contributed by atoms with Gasteiger partial charge in [0, 0.05) is 21.9 Å². The Balaban J connectivity index is 1.81. The quantitative estimate of drug-likeness (QED) is 0.130. The topological polar surface area (TPSA) is 76.7 Å². The molecule has 0 spiro atoms. The maximum Gasteiger partial charge on any atom is 0.407 e. The third-order valence-electron chi connectivity index (χ3n) is 5.27. The Morgan fingerprint density at radius 3 is 2.60 bits per heavy atom. The summed E-state index contributed by atoms with van der Waals surface area (Å²) in [5, 5.41) is 6.01. The smallest absolute Gasteiger partial charge is 0.407 e. The number of esters is 1. The van der Waals surface area contributed by atoms with E-state index >= 15 is 0 Å². The van der Waals surface area contributed by atoms with Gasteiger partial charge in [0.1, 0.15) is 12.2 Å². The normalized spacial score (nSPS) is 14.9. The van der Waals surface area contributed by atoms with Gasteiger partial charge in [0.05, 0.1) is 5.69 Å². The van der Waals surface area contributed by atoms with Gasteiger partial charge in [0.2, 0.25) is 0 Å². The van der Waals surface area contributed by atoms with Gasteiger partial charge in [0.25, 0.3) is 0 Å². The van der Waals surface area contributed by atoms with E-state index in [9.17, 15) is 9.59 Å². The van der Waals surface area contributed by atoms with Gasteiger partial charge in [-0.05, 0) is 98.7 Å². The van der Waals surface area contributed by atoms with Crippen molar-refractivity contribution >= 4 is 40.3 Å². The van der Waals surface area contributed by atoms with Gasteiger partial charge in [0.15, 0.2) is 0 Å². The molecule has 0 radical (unpaired) electrons. The second-order valence-corrected chi connectivity index (χ2v) is 10.7. The molecule has 1 aromatic rings. The van der Waals surface area contributed by atoms with Crippen molar-refractivity contribution < 1.29 is 19.1 Å². The summed E-state index contributed by atoms with van der Waals surface area (Å²) in [5.41, 5.74) is 3.01. The Bertz CT molecular complexity index is 985. The molecule has 0 unspecified atom stereocenters. The summed E-state index contributed by atoms with van der Waals surface area (Å²) in [5.74, 6) is 0.271. The van der Waals surface area contributed by atoms with Crippen LogP contribution in [0.15, 0.2) is 66.4 Å². The number of nitrogens with one attached hydrogen (secondary N) is 2. The molecule has 1 amide bonds. The van der Waals surface area contributed by atoms with E-state index in [1.54, 1.807) is 6.08 Å². The zero-order valence-corrected chi connectivity index (χ0v) is 23.3. The molecule has 0 aromatic heterocycles. The van der Waals surface area contributed by atoms with Gasteiger partial charge in [-0.25, -0.2) is 9.59 Å². The van der Waals surface area contributed by atoms with Crippen LogP contribution >= 0.6 is 22.6 Å². The standard InChI is InChI=1S/C28H37IN2O4/c1-6-21(9-7-10-22-11-8-12-22)19-34-26(32)17-20(2)31-25-14-13-23(18-24(25)29)15-16-30-27(33)35-28(3,4)5/h6-7,9-10,13-14,17-18,22,31H,1,8,11-12,15-16,19H2,2-5H3,(H,30,33)/b10-7+,20-17+,21-9+. The summed E-state index contributed by atoms with van der Waals surface area (Å²) >= 11 is 2.25. The molecule has 1 fully saturated rings. The largest absolute Gasteiger partial charge is 0.458 e. The molecule has 1 aliphatic rings. The fraction of sp³-hybridized carbons (Fsp3) is 0.429. The number of allylic oxidation sites excluding steroid dienone is 4. The summed E-state index contributed by atoms with van der Waals surface area (Å²) in [6.45, 7) is 11.8. The SMILES string of the molecule is C=C/C(=C\C=C\C1CCC1)COC(=O)/C=C(\C)Nc1ccc(CCNC(=O)OC(C)(C)C)cc1I. The predicted octanol–water partition coefficient (Wildman–Crippen LogP) is 6.69. The Labute approximate surface area is 223 Å². The van der Waals surface area contributed by atoms with Gasteiger partial charge in [-0.3, -0.25) is 0 Å². The van der Waals surface area contributed by atoms with Crippen molar-refractivity contribution in [3.05, 3.63) is 75.6 Å². The number of benzene rings is 1. The maximum atomic E-state index is 12.2. The first-order valence-corrected chi connectivity index (χ1v) is 13.0. The van der Waals surface area contributed by atoms with Crippen molar-refractivity contribution in [1.82, 2.24) is 5.32 Å². The van der Waals surface area contributed by atoms with E-state index in [4.69, 9.17) is 9.47 Å². The minimum Gasteiger partial charge on any atom is -0.458 e. The number of alkyl carbamates (subject to hydrolysis) is 1. The molecule has 190 valence electrons. The Kier molecular flexibility index (Phi) is 11.6. The minimum atomic E-state index is -0.512. The van der Waals surface area contributed by atoms with Crippen molar-refractivity contribution in [2.24, 2.45) is 5.92 Å². The van der Waals surface area contributed by atoms with Crippen molar-refractivity contribution in [2.75, 3.05) is 18.5 Å². The van der Waals surface area contributed by atoms with Gasteiger partial charge in [-0.1, -0.05) is 43.4 Å². The van der Waals surface area contributed by atoms with Crippen LogP contribution in [0.2, 0.25) is 0 Å². The van der Waals surface area contributed by atoms with Gasteiger partial charge < -0.3 is 20.1 Å². The lowest BCUT2D eigenvalue weighted by Crippen LogP contribution is -2.33. The molecule has 1 aromatic carbocycles. The first-order valence-electron chi connectivity index (χ1n) is 11.9. The van der Waals surface area contributed by atoms with Crippen LogP contribution in [0.4, 0.5) is 10.5 Å². The summed E-state index contributed by atoms with van der Waals surface area (Å²) in [6, 6.07) is 5.99. The molecule has 0 bridgehead atoms. The van der Waals surface area contributed by atoms with Crippen molar-refractivity contribution in [1.29, 1.82) is 0 Å². The Hall–Kier alpha value is -2.55. The second kappa shape index (κ2) is 14.1. The summed E-state index contributed by atoms with van der Waals surface area (Å²) in [4.78, 5) is 24.0. The van der Waals surface area contributed by atoms with Crippen LogP contribution in [0, 0.1) is 9.49 Å². The summed E-state index contributed by atoms with van der Waals surface area (Å²) in [7, 11) is 0. The fourth-order valence-electron chi connectivity index (χ4n) is 3.20. The molecule has 1 aliphatic carbocycles. The van der Waals surface area contributed by atoms with Crippen LogP contribution in [0.5, 0.6) is 0 Å². The monoisotopic (exact) mass is 592 g/mol. The van der Waals surface area contributed by atoms with Gasteiger partial charge in [-0.15, -0.1) is 0 Å². The van der Waals surface area contributed by atoms with Crippen LogP contribution in [-0.4, -0.2) is 30.8 Å². The molecule has 6 nitrogen and oxygen atoms in total. The van der Waals surface area contributed by atoms with Crippen LogP contribution < -0.4 is 10.6 Å². The number of rotatable bonds is 11. The lowest BCUT2D eigenvalue weighted by atomic mass is 9.85. The average molecular weight is 593 g/mol. The molecule has 0 atom stereocenters. The second-order valence-electron chi connectivity index (χ2n) is 9.57. The third-order valence-corrected chi connectivity index (χ3v) is 6.16. The molecule has 0 heterocycles. The lowest BCUT2D eigenvalue weighted by molar-refractivity contribution is -0.136. The minimum absolute atomic E-state index is 0.185. The summed E-state index contributed by atoms with van der Waals surface area (Å²) in [6.07, 6.45) is 13.4. The van der Waals surface area contributed by atoms with Gasteiger partial charge >= 0.3 is 12.1 Å². The number of carbonyl (C=O) groups excluding carboxylic acids is 2. The molecule has 1 saturated carbocycles. The number of carbonyl (C=O) groups is 2. The summed E-state index contributed by atoms with van der Waals surface area (Å²) < 4.78 is 11.6. The van der Waals surface area contributed by atoms with Crippen molar-refractivity contribution in [3.8, 4) is 0 Å². The fourth-order valence-corrected chi connectivity index (χ4v) is 3.92. The number of ether oxygens (including phenoxy) is 2. The van der Waals surface area contributed by atoms with E-state index in [1.165, 1.54) is 25.3 Å². The molecule has 2 rings (SSSR count). The first kappa shape index (κ1) is 28.7. The zero-order chi connectivity index (χ0) is 25.8. The number of amides is 1. The van der Waals surface area contributed by atoms with Crippen molar-refractivity contribution in [2.45, 2.75) is 59.0 Å². The van der Waals surface area contributed by atoms with Crippen molar-refractivity contribution in [3.63, 3.8) is 0 Å². The maximum absolute atomic E-state index is 12.2. The number of hydrogen-bond acceptors (Lipinski definition) is 5. The molecule has 7 heteroatoms.